The highest BCUT2D eigenvalue weighted by Gasteiger charge is 2.16. The summed E-state index contributed by atoms with van der Waals surface area (Å²) < 4.78 is 35.0. The summed E-state index contributed by atoms with van der Waals surface area (Å²) in [5.41, 5.74) is 3.34. The number of anilines is 1. The van der Waals surface area contributed by atoms with Gasteiger partial charge in [-0.2, -0.15) is 4.98 Å². The molecule has 1 aromatic carbocycles. The fraction of sp³-hybridized carbons (Fsp3) is 0.0909. The summed E-state index contributed by atoms with van der Waals surface area (Å²) in [5.74, 6) is 1.00. The minimum absolute atomic E-state index is 0.182. The van der Waals surface area contributed by atoms with Crippen molar-refractivity contribution in [2.24, 2.45) is 0 Å². The van der Waals surface area contributed by atoms with Crippen LogP contribution in [-0.4, -0.2) is 32.9 Å². The summed E-state index contributed by atoms with van der Waals surface area (Å²) in [4.78, 5) is 13.2. The van der Waals surface area contributed by atoms with Gasteiger partial charge in [-0.05, 0) is 30.3 Å². The third-order valence-electron chi connectivity index (χ3n) is 4.88. The number of imidazole rings is 1. The van der Waals surface area contributed by atoms with Gasteiger partial charge in [0.05, 0.1) is 23.0 Å². The average molecular weight is 446 g/mol. The molecule has 0 aliphatic heterocycles. The number of hydrogen-bond acceptors (Lipinski definition) is 7. The molecule has 0 spiro atoms. The van der Waals surface area contributed by atoms with Gasteiger partial charge in [0.15, 0.2) is 0 Å². The van der Waals surface area contributed by atoms with E-state index in [9.17, 15) is 8.42 Å². The van der Waals surface area contributed by atoms with Crippen LogP contribution in [0.3, 0.4) is 0 Å². The number of benzene rings is 1. The van der Waals surface area contributed by atoms with Gasteiger partial charge < -0.3 is 4.52 Å². The van der Waals surface area contributed by atoms with Crippen molar-refractivity contribution in [3.63, 3.8) is 0 Å². The molecule has 5 rings (SSSR count). The number of aryl methyl sites for hydroxylation is 1. The Morgan fingerprint density at radius 2 is 1.88 bits per heavy atom. The average Bonchev–Trinajstić information content (AvgIpc) is 3.46. The van der Waals surface area contributed by atoms with E-state index in [-0.39, 0.29) is 4.90 Å². The highest BCUT2D eigenvalue weighted by Crippen LogP contribution is 2.26. The zero-order chi connectivity index (χ0) is 22.1. The quantitative estimate of drug-likeness (QED) is 0.422. The molecule has 0 amide bonds. The lowest BCUT2D eigenvalue weighted by Gasteiger charge is -2.10. The number of pyridine rings is 2. The summed E-state index contributed by atoms with van der Waals surface area (Å²) in [6, 6.07) is 13.7. The second kappa shape index (κ2) is 7.89. The topological polar surface area (TPSA) is 115 Å². The van der Waals surface area contributed by atoms with Crippen molar-refractivity contribution in [3.05, 3.63) is 79.2 Å². The fourth-order valence-corrected chi connectivity index (χ4v) is 4.34. The SMILES string of the molecule is CCc1nc(-c2cnc3ccc(-c4cncc(NS(=O)(=O)c5ccccc5)c4)cn23)no1. The second-order valence-corrected chi connectivity index (χ2v) is 8.72. The third kappa shape index (κ3) is 3.71. The Bertz CT molecular complexity index is 1510. The molecule has 4 heterocycles. The molecule has 5 aromatic rings. The molecule has 0 aliphatic rings. The summed E-state index contributed by atoms with van der Waals surface area (Å²) in [6.45, 7) is 1.94. The van der Waals surface area contributed by atoms with Gasteiger partial charge in [-0.15, -0.1) is 0 Å². The smallest absolute Gasteiger partial charge is 0.261 e. The van der Waals surface area contributed by atoms with Crippen LogP contribution in [0.4, 0.5) is 5.69 Å². The van der Waals surface area contributed by atoms with Crippen LogP contribution in [0.2, 0.25) is 0 Å². The van der Waals surface area contributed by atoms with E-state index in [4.69, 9.17) is 4.52 Å². The Morgan fingerprint density at radius 1 is 1.03 bits per heavy atom. The van der Waals surface area contributed by atoms with Crippen LogP contribution in [0, 0.1) is 0 Å². The number of fused-ring (bicyclic) bond motifs is 1. The molecule has 32 heavy (non-hydrogen) atoms. The molecule has 0 bridgehead atoms. The number of nitrogens with zero attached hydrogens (tertiary/aromatic N) is 5. The predicted molar refractivity (Wildman–Crippen MR) is 118 cm³/mol. The highest BCUT2D eigenvalue weighted by atomic mass is 32.2. The molecular formula is C22H18N6O3S. The summed E-state index contributed by atoms with van der Waals surface area (Å²) in [6.07, 6.45) is 7.35. The Kier molecular flexibility index (Phi) is 4.91. The Hall–Kier alpha value is -4.05. The van der Waals surface area contributed by atoms with Crippen molar-refractivity contribution in [2.45, 2.75) is 18.2 Å². The predicted octanol–water partition coefficient (Wildman–Crippen LogP) is 3.81. The van der Waals surface area contributed by atoms with Crippen molar-refractivity contribution in [1.29, 1.82) is 0 Å². The van der Waals surface area contributed by atoms with Crippen LogP contribution in [0.5, 0.6) is 0 Å². The molecule has 0 radical (unpaired) electrons. The first-order valence-corrected chi connectivity index (χ1v) is 11.3. The van der Waals surface area contributed by atoms with Crippen LogP contribution < -0.4 is 4.72 Å². The number of rotatable bonds is 6. The Morgan fingerprint density at radius 3 is 2.66 bits per heavy atom. The van der Waals surface area contributed by atoms with E-state index in [1.165, 1.54) is 18.3 Å². The zero-order valence-corrected chi connectivity index (χ0v) is 17.8. The van der Waals surface area contributed by atoms with E-state index in [1.54, 1.807) is 36.7 Å². The fourth-order valence-electron chi connectivity index (χ4n) is 3.29. The van der Waals surface area contributed by atoms with Gasteiger partial charge in [0.1, 0.15) is 11.3 Å². The Balaban J connectivity index is 1.50. The lowest BCUT2D eigenvalue weighted by atomic mass is 10.1. The maximum Gasteiger partial charge on any atom is 0.261 e. The van der Waals surface area contributed by atoms with Gasteiger partial charge in [0, 0.05) is 29.9 Å². The van der Waals surface area contributed by atoms with E-state index < -0.39 is 10.0 Å². The largest absolute Gasteiger partial charge is 0.339 e. The summed E-state index contributed by atoms with van der Waals surface area (Å²) in [5, 5.41) is 4.03. The molecule has 9 nitrogen and oxygen atoms in total. The van der Waals surface area contributed by atoms with Crippen LogP contribution >= 0.6 is 0 Å². The lowest BCUT2D eigenvalue weighted by molar-refractivity contribution is 0.382. The number of hydrogen-bond donors (Lipinski definition) is 1. The third-order valence-corrected chi connectivity index (χ3v) is 6.28. The van der Waals surface area contributed by atoms with Crippen LogP contribution in [0.25, 0.3) is 28.3 Å². The summed E-state index contributed by atoms with van der Waals surface area (Å²) >= 11 is 0. The van der Waals surface area contributed by atoms with Gasteiger partial charge in [0.25, 0.3) is 10.0 Å². The molecule has 1 N–H and O–H groups in total. The van der Waals surface area contributed by atoms with E-state index in [0.29, 0.717) is 29.5 Å². The maximum absolute atomic E-state index is 12.6. The number of sulfonamides is 1. The molecular weight excluding hydrogens is 428 g/mol. The molecule has 0 saturated carbocycles. The normalized spacial score (nSPS) is 11.7. The van der Waals surface area contributed by atoms with Crippen LogP contribution in [0.15, 0.2) is 82.7 Å². The first-order chi connectivity index (χ1) is 15.5. The van der Waals surface area contributed by atoms with Crippen LogP contribution in [0.1, 0.15) is 12.8 Å². The second-order valence-electron chi connectivity index (χ2n) is 7.04. The standard InChI is InChI=1S/C22H18N6O3S/c1-2-21-25-22(26-31-21)19-13-24-20-9-8-15(14-28(19)20)16-10-17(12-23-11-16)27-32(29,30)18-6-4-3-5-7-18/h3-14,27H,2H2,1H3. The first-order valence-electron chi connectivity index (χ1n) is 9.87. The van der Waals surface area contributed by atoms with Gasteiger partial charge in [-0.1, -0.05) is 30.3 Å². The van der Waals surface area contributed by atoms with Gasteiger partial charge >= 0.3 is 0 Å². The number of aromatic nitrogens is 5. The van der Waals surface area contributed by atoms with E-state index in [2.05, 4.69) is 24.8 Å². The van der Waals surface area contributed by atoms with Crippen molar-refractivity contribution in [2.75, 3.05) is 4.72 Å². The van der Waals surface area contributed by atoms with Crippen molar-refractivity contribution < 1.29 is 12.9 Å². The van der Waals surface area contributed by atoms with Gasteiger partial charge in [-0.25, -0.2) is 13.4 Å². The molecule has 0 fully saturated rings. The number of nitrogens with one attached hydrogen (secondary N) is 1. The lowest BCUT2D eigenvalue weighted by Crippen LogP contribution is -2.13. The monoisotopic (exact) mass is 446 g/mol. The zero-order valence-electron chi connectivity index (χ0n) is 17.0. The van der Waals surface area contributed by atoms with Gasteiger partial charge in [-0.3, -0.25) is 14.1 Å². The van der Waals surface area contributed by atoms with Gasteiger partial charge in [0.2, 0.25) is 11.7 Å². The molecule has 0 aliphatic carbocycles. The minimum Gasteiger partial charge on any atom is -0.339 e. The summed E-state index contributed by atoms with van der Waals surface area (Å²) in [7, 11) is -3.71. The van der Waals surface area contributed by atoms with E-state index in [1.807, 2.05) is 29.7 Å². The molecule has 0 unspecified atom stereocenters. The van der Waals surface area contributed by atoms with Crippen molar-refractivity contribution in [3.8, 4) is 22.6 Å². The van der Waals surface area contributed by atoms with Crippen molar-refractivity contribution >= 4 is 21.4 Å². The minimum atomic E-state index is -3.71. The van der Waals surface area contributed by atoms with Crippen molar-refractivity contribution in [1.82, 2.24) is 24.5 Å². The molecule has 10 heteroatoms. The maximum atomic E-state index is 12.6. The highest BCUT2D eigenvalue weighted by molar-refractivity contribution is 7.92. The van der Waals surface area contributed by atoms with Crippen LogP contribution in [-0.2, 0) is 16.4 Å². The molecule has 160 valence electrons. The molecule has 0 atom stereocenters. The van der Waals surface area contributed by atoms with E-state index >= 15 is 0 Å². The first kappa shape index (κ1) is 19.9. The molecule has 4 aromatic heterocycles. The van der Waals surface area contributed by atoms with E-state index in [0.717, 1.165) is 16.8 Å². The molecule has 0 saturated heterocycles. The Labute approximate surface area is 183 Å².